The molecule has 0 aromatic heterocycles. The van der Waals surface area contributed by atoms with Crippen LogP contribution in [-0.2, 0) is 9.53 Å². The predicted molar refractivity (Wildman–Crippen MR) is 72.9 cm³/mol. The van der Waals surface area contributed by atoms with Crippen molar-refractivity contribution in [1.82, 2.24) is 0 Å². The van der Waals surface area contributed by atoms with Crippen molar-refractivity contribution in [1.29, 1.82) is 0 Å². The lowest BCUT2D eigenvalue weighted by Gasteiger charge is -2.16. The van der Waals surface area contributed by atoms with Gasteiger partial charge >= 0.3 is 5.97 Å². The molecule has 0 heterocycles. The first kappa shape index (κ1) is 16.2. The Bertz CT molecular complexity index is 221. The fraction of sp³-hybridized carbons (Fsp3) is 0.800. The summed E-state index contributed by atoms with van der Waals surface area (Å²) in [5.41, 5.74) is 0.492. The van der Waals surface area contributed by atoms with Gasteiger partial charge in [-0.05, 0) is 25.7 Å². The molecule has 0 aliphatic heterocycles. The van der Waals surface area contributed by atoms with Crippen LogP contribution in [0.4, 0.5) is 0 Å². The van der Waals surface area contributed by atoms with Crippen molar-refractivity contribution in [3.8, 4) is 0 Å². The summed E-state index contributed by atoms with van der Waals surface area (Å²) < 4.78 is 5.24. The van der Waals surface area contributed by atoms with Gasteiger partial charge in [-0.3, -0.25) is 0 Å². The number of hydrogen-bond acceptors (Lipinski definition) is 2. The highest BCUT2D eigenvalue weighted by molar-refractivity contribution is 5.86. The Labute approximate surface area is 106 Å². The maximum absolute atomic E-state index is 11.3. The van der Waals surface area contributed by atoms with Gasteiger partial charge in [0.15, 0.2) is 0 Å². The van der Waals surface area contributed by atoms with E-state index in [1.54, 1.807) is 6.92 Å². The highest BCUT2D eigenvalue weighted by atomic mass is 16.5. The van der Waals surface area contributed by atoms with Crippen molar-refractivity contribution in [2.75, 3.05) is 6.61 Å². The second-order valence-corrected chi connectivity index (χ2v) is 4.88. The minimum atomic E-state index is -0.250. The van der Waals surface area contributed by atoms with Gasteiger partial charge in [0, 0.05) is 5.57 Å². The van der Waals surface area contributed by atoms with Gasteiger partial charge in [-0.15, -0.1) is 0 Å². The molecule has 0 aromatic rings. The summed E-state index contributed by atoms with van der Waals surface area (Å²) in [5, 5.41) is 0. The van der Waals surface area contributed by atoms with Crippen LogP contribution in [0.1, 0.15) is 65.7 Å². The number of esters is 1. The van der Waals surface area contributed by atoms with E-state index in [1.807, 2.05) is 0 Å². The van der Waals surface area contributed by atoms with E-state index in [2.05, 4.69) is 20.4 Å². The fourth-order valence-electron chi connectivity index (χ4n) is 1.90. The summed E-state index contributed by atoms with van der Waals surface area (Å²) in [6.45, 7) is 10.2. The van der Waals surface area contributed by atoms with Gasteiger partial charge in [-0.1, -0.05) is 52.5 Å². The Kier molecular flexibility index (Phi) is 9.89. The molecule has 100 valence electrons. The zero-order chi connectivity index (χ0) is 13.1. The van der Waals surface area contributed by atoms with Crippen molar-refractivity contribution in [2.45, 2.75) is 65.7 Å². The van der Waals surface area contributed by atoms with Gasteiger partial charge in [0.05, 0.1) is 6.61 Å². The predicted octanol–water partition coefficient (Wildman–Crippen LogP) is 4.49. The molecule has 1 unspecified atom stereocenters. The zero-order valence-electron chi connectivity index (χ0n) is 11.8. The number of carbonyl (C=O) groups is 1. The monoisotopic (exact) mass is 240 g/mol. The number of hydrogen-bond donors (Lipinski definition) is 0. The minimum Gasteiger partial charge on any atom is -0.462 e. The van der Waals surface area contributed by atoms with Crippen molar-refractivity contribution < 1.29 is 9.53 Å². The van der Waals surface area contributed by atoms with Gasteiger partial charge in [0.1, 0.15) is 0 Å². The standard InChI is InChI=1S/C15H28O2/c1-5-7-8-9-11-14(10-6-2)12-17-15(16)13(3)4/h14H,3,5-12H2,1-2,4H3. The van der Waals surface area contributed by atoms with Crippen LogP contribution < -0.4 is 0 Å². The van der Waals surface area contributed by atoms with E-state index < -0.39 is 0 Å². The van der Waals surface area contributed by atoms with E-state index in [0.29, 0.717) is 18.1 Å². The smallest absolute Gasteiger partial charge is 0.333 e. The summed E-state index contributed by atoms with van der Waals surface area (Å²) in [4.78, 5) is 11.3. The molecule has 0 saturated heterocycles. The average Bonchev–Trinajstić information content (AvgIpc) is 2.30. The summed E-state index contributed by atoms with van der Waals surface area (Å²) in [7, 11) is 0. The Hall–Kier alpha value is -0.790. The van der Waals surface area contributed by atoms with Crippen molar-refractivity contribution in [3.05, 3.63) is 12.2 Å². The van der Waals surface area contributed by atoms with E-state index in [4.69, 9.17) is 4.74 Å². The molecule has 0 spiro atoms. The molecule has 2 heteroatoms. The van der Waals surface area contributed by atoms with Crippen LogP contribution in [0.5, 0.6) is 0 Å². The number of unbranched alkanes of at least 4 members (excludes halogenated alkanes) is 3. The molecule has 0 rings (SSSR count). The van der Waals surface area contributed by atoms with Gasteiger partial charge in [-0.25, -0.2) is 4.79 Å². The molecule has 1 atom stereocenters. The lowest BCUT2D eigenvalue weighted by molar-refractivity contribution is -0.140. The fourth-order valence-corrected chi connectivity index (χ4v) is 1.90. The average molecular weight is 240 g/mol. The minimum absolute atomic E-state index is 0.250. The Morgan fingerprint density at radius 1 is 1.12 bits per heavy atom. The summed E-state index contributed by atoms with van der Waals surface area (Å²) in [5.74, 6) is 0.278. The maximum atomic E-state index is 11.3. The lowest BCUT2D eigenvalue weighted by Crippen LogP contribution is -2.14. The maximum Gasteiger partial charge on any atom is 0.333 e. The molecule has 0 N–H and O–H groups in total. The second kappa shape index (κ2) is 10.4. The first-order valence-electron chi connectivity index (χ1n) is 6.94. The van der Waals surface area contributed by atoms with Crippen molar-refractivity contribution in [3.63, 3.8) is 0 Å². The van der Waals surface area contributed by atoms with E-state index in [9.17, 15) is 4.79 Å². The van der Waals surface area contributed by atoms with Crippen molar-refractivity contribution >= 4 is 5.97 Å². The normalized spacial score (nSPS) is 12.2. The van der Waals surface area contributed by atoms with Crippen molar-refractivity contribution in [2.24, 2.45) is 5.92 Å². The highest BCUT2D eigenvalue weighted by Crippen LogP contribution is 2.17. The summed E-state index contributed by atoms with van der Waals surface area (Å²) in [6.07, 6.45) is 8.61. The molecule has 0 fully saturated rings. The third-order valence-corrected chi connectivity index (χ3v) is 2.96. The molecule has 0 aliphatic rings. The first-order chi connectivity index (χ1) is 8.11. The van der Waals surface area contributed by atoms with Crippen LogP contribution in [0.3, 0.4) is 0 Å². The molecule has 0 aromatic carbocycles. The molecule has 17 heavy (non-hydrogen) atoms. The van der Waals surface area contributed by atoms with E-state index >= 15 is 0 Å². The van der Waals surface area contributed by atoms with Gasteiger partial charge in [0.25, 0.3) is 0 Å². The van der Waals surface area contributed by atoms with Crippen LogP contribution >= 0.6 is 0 Å². The van der Waals surface area contributed by atoms with Gasteiger partial charge < -0.3 is 4.74 Å². The van der Waals surface area contributed by atoms with E-state index in [1.165, 1.54) is 32.1 Å². The second-order valence-electron chi connectivity index (χ2n) is 4.88. The van der Waals surface area contributed by atoms with Crippen LogP contribution in [-0.4, -0.2) is 12.6 Å². The number of ether oxygens (including phenoxy) is 1. The molecule has 2 nitrogen and oxygen atoms in total. The van der Waals surface area contributed by atoms with Crippen LogP contribution in [0.2, 0.25) is 0 Å². The molecular formula is C15H28O2. The SMILES string of the molecule is C=C(C)C(=O)OCC(CCC)CCCCCC. The van der Waals surface area contributed by atoms with Crippen LogP contribution in [0.15, 0.2) is 12.2 Å². The van der Waals surface area contributed by atoms with Crippen LogP contribution in [0.25, 0.3) is 0 Å². The highest BCUT2D eigenvalue weighted by Gasteiger charge is 2.11. The van der Waals surface area contributed by atoms with E-state index in [-0.39, 0.29) is 5.97 Å². The Balaban J connectivity index is 3.81. The summed E-state index contributed by atoms with van der Waals surface area (Å²) in [6, 6.07) is 0. The zero-order valence-corrected chi connectivity index (χ0v) is 11.8. The molecular weight excluding hydrogens is 212 g/mol. The lowest BCUT2D eigenvalue weighted by atomic mass is 9.97. The third kappa shape index (κ3) is 8.96. The largest absolute Gasteiger partial charge is 0.462 e. The Morgan fingerprint density at radius 2 is 1.82 bits per heavy atom. The third-order valence-electron chi connectivity index (χ3n) is 2.96. The number of rotatable bonds is 10. The first-order valence-corrected chi connectivity index (χ1v) is 6.94. The molecule has 0 bridgehead atoms. The number of carbonyl (C=O) groups excluding carboxylic acids is 1. The quantitative estimate of drug-likeness (QED) is 0.319. The van der Waals surface area contributed by atoms with Gasteiger partial charge in [-0.2, -0.15) is 0 Å². The van der Waals surface area contributed by atoms with Gasteiger partial charge in [0.2, 0.25) is 0 Å². The molecule has 0 aliphatic carbocycles. The topological polar surface area (TPSA) is 26.3 Å². The van der Waals surface area contributed by atoms with E-state index in [0.717, 1.165) is 12.8 Å². The molecule has 0 radical (unpaired) electrons. The molecule has 0 saturated carbocycles. The van der Waals surface area contributed by atoms with Crippen LogP contribution in [0, 0.1) is 5.92 Å². The summed E-state index contributed by atoms with van der Waals surface area (Å²) >= 11 is 0. The Morgan fingerprint density at radius 3 is 2.35 bits per heavy atom. The molecule has 0 amide bonds.